The van der Waals surface area contributed by atoms with Gasteiger partial charge in [-0.3, -0.25) is 4.79 Å². The summed E-state index contributed by atoms with van der Waals surface area (Å²) in [6.45, 7) is 1.60. The Morgan fingerprint density at radius 1 is 0.451 bits per heavy atom. The zero-order valence-electron chi connectivity index (χ0n) is 49.7. The van der Waals surface area contributed by atoms with Crippen molar-refractivity contribution in [2.45, 2.75) is 304 Å². The van der Waals surface area contributed by atoms with Gasteiger partial charge in [0, 0.05) is 6.42 Å². The second-order valence-corrected chi connectivity index (χ2v) is 22.5. The Kier molecular flexibility index (Phi) is 41.2. The summed E-state index contributed by atoms with van der Waals surface area (Å²) < 4.78 is 34.3. The third-order valence-electron chi connectivity index (χ3n) is 15.6. The number of hydrogen-bond donors (Lipinski definition) is 12. The predicted molar refractivity (Wildman–Crippen MR) is 314 cm³/mol. The third kappa shape index (κ3) is 28.8. The molecule has 3 aliphatic heterocycles. The van der Waals surface area contributed by atoms with E-state index in [0.29, 0.717) is 6.42 Å². The van der Waals surface area contributed by atoms with Crippen molar-refractivity contribution in [3.8, 4) is 0 Å². The van der Waals surface area contributed by atoms with Crippen LogP contribution in [-0.2, 0) is 33.2 Å². The summed E-state index contributed by atoms with van der Waals surface area (Å²) in [4.78, 5) is 13.4. The number of carbonyl (C=O) groups excluding carboxylic acids is 1. The molecule has 3 fully saturated rings. The summed E-state index contributed by atoms with van der Waals surface area (Å²) in [6, 6.07) is -0.983. The molecule has 82 heavy (non-hydrogen) atoms. The predicted octanol–water partition coefficient (Wildman–Crippen LogP) is 6.43. The van der Waals surface area contributed by atoms with Gasteiger partial charge in [-0.1, -0.05) is 197 Å². The number of unbranched alkanes of at least 4 members (excludes halogenated alkanes) is 22. The average Bonchev–Trinajstić information content (AvgIpc) is 3.39. The van der Waals surface area contributed by atoms with Crippen LogP contribution in [0.2, 0.25) is 0 Å². The minimum atomic E-state index is -1.98. The maximum Gasteiger partial charge on any atom is 0.220 e. The van der Waals surface area contributed by atoms with Crippen LogP contribution in [0.15, 0.2) is 60.8 Å². The zero-order chi connectivity index (χ0) is 59.7. The summed E-state index contributed by atoms with van der Waals surface area (Å²) >= 11 is 0. The van der Waals surface area contributed by atoms with Gasteiger partial charge in [0.2, 0.25) is 5.91 Å². The van der Waals surface area contributed by atoms with E-state index in [9.17, 15) is 61.0 Å². The molecular formula is C63H111NO18. The quantitative estimate of drug-likeness (QED) is 0.0231. The lowest BCUT2D eigenvalue weighted by Crippen LogP contribution is -2.66. The smallest absolute Gasteiger partial charge is 0.220 e. The van der Waals surface area contributed by atoms with Crippen LogP contribution in [0.1, 0.15) is 200 Å². The van der Waals surface area contributed by atoms with Crippen molar-refractivity contribution in [3.63, 3.8) is 0 Å². The van der Waals surface area contributed by atoms with Gasteiger partial charge in [-0.15, -0.1) is 0 Å². The molecule has 3 heterocycles. The van der Waals surface area contributed by atoms with Crippen molar-refractivity contribution in [1.82, 2.24) is 5.32 Å². The molecule has 3 aliphatic rings. The van der Waals surface area contributed by atoms with E-state index in [1.807, 2.05) is 6.08 Å². The van der Waals surface area contributed by atoms with E-state index < -0.39 is 124 Å². The van der Waals surface area contributed by atoms with Gasteiger partial charge in [-0.2, -0.15) is 0 Å². The molecule has 0 saturated carbocycles. The Balaban J connectivity index is 1.50. The van der Waals surface area contributed by atoms with E-state index in [4.69, 9.17) is 28.4 Å². The molecule has 476 valence electrons. The summed E-state index contributed by atoms with van der Waals surface area (Å²) in [6.07, 6.45) is 26.1. The van der Waals surface area contributed by atoms with Crippen molar-refractivity contribution in [3.05, 3.63) is 60.8 Å². The standard InChI is InChI=1S/C63H111NO18/c1-3-5-7-9-11-13-15-17-19-21-23-25-27-29-31-33-35-37-39-41-51(69)64-46(47(68)40-38-36-34-32-30-28-26-24-22-20-18-16-14-12-10-8-6-4-2)45-77-61-57(75)54(72)59(49(43-66)79-61)82-63-58(76)55(73)60(50(44-67)80-63)81-62-56(74)53(71)52(70)48(42-65)78-62/h5,7,11,13,17,19,23,25,38,40,46-50,52-63,65-68,70-76H,3-4,6,8-10,12,14-16,18,20-22,24,26-37,39,41-45H2,1-2H3,(H,64,69)/b7-5-,13-11-,19-17-,25-23-,40-38+. The fourth-order valence-electron chi connectivity index (χ4n) is 10.4. The first kappa shape index (κ1) is 73.7. The number of carbonyl (C=O) groups is 1. The molecule has 3 rings (SSSR count). The molecule has 0 aromatic carbocycles. The largest absolute Gasteiger partial charge is 0.394 e. The highest BCUT2D eigenvalue weighted by atomic mass is 16.8. The van der Waals surface area contributed by atoms with Gasteiger partial charge < -0.3 is 89.9 Å². The van der Waals surface area contributed by atoms with E-state index in [0.717, 1.165) is 89.9 Å². The number of amides is 1. The monoisotopic (exact) mass is 1170 g/mol. The number of hydrogen-bond acceptors (Lipinski definition) is 18. The van der Waals surface area contributed by atoms with Crippen molar-refractivity contribution in [2.75, 3.05) is 26.4 Å². The van der Waals surface area contributed by atoms with E-state index in [1.54, 1.807) is 6.08 Å². The fraction of sp³-hybridized carbons (Fsp3) is 0.825. The molecule has 0 aliphatic carbocycles. The normalized spacial score (nSPS) is 30.0. The first-order valence-electron chi connectivity index (χ1n) is 31.5. The summed E-state index contributed by atoms with van der Waals surface area (Å²) in [7, 11) is 0. The Hall–Kier alpha value is -2.51. The van der Waals surface area contributed by atoms with Crippen molar-refractivity contribution in [1.29, 1.82) is 0 Å². The number of rotatable bonds is 46. The van der Waals surface area contributed by atoms with Gasteiger partial charge in [-0.25, -0.2) is 0 Å². The van der Waals surface area contributed by atoms with Gasteiger partial charge in [0.15, 0.2) is 18.9 Å². The molecule has 3 saturated heterocycles. The molecule has 0 aromatic heterocycles. The van der Waals surface area contributed by atoms with Crippen LogP contribution < -0.4 is 5.32 Å². The Morgan fingerprint density at radius 3 is 1.32 bits per heavy atom. The first-order chi connectivity index (χ1) is 39.8. The third-order valence-corrected chi connectivity index (χ3v) is 15.6. The molecule has 17 atom stereocenters. The van der Waals surface area contributed by atoms with Crippen LogP contribution >= 0.6 is 0 Å². The highest BCUT2D eigenvalue weighted by Gasteiger charge is 2.53. The van der Waals surface area contributed by atoms with Crippen LogP contribution in [-0.4, -0.2) is 193 Å². The van der Waals surface area contributed by atoms with Gasteiger partial charge >= 0.3 is 0 Å². The lowest BCUT2D eigenvalue weighted by molar-refractivity contribution is -0.379. The molecule has 1 amide bonds. The van der Waals surface area contributed by atoms with Crippen LogP contribution in [0.4, 0.5) is 0 Å². The van der Waals surface area contributed by atoms with Gasteiger partial charge in [0.25, 0.3) is 0 Å². The van der Waals surface area contributed by atoms with Crippen LogP contribution in [0.3, 0.4) is 0 Å². The molecule has 12 N–H and O–H groups in total. The van der Waals surface area contributed by atoms with Gasteiger partial charge in [0.1, 0.15) is 73.2 Å². The number of aliphatic hydroxyl groups excluding tert-OH is 11. The average molecular weight is 1170 g/mol. The maximum absolute atomic E-state index is 13.4. The number of ether oxygens (including phenoxy) is 6. The van der Waals surface area contributed by atoms with Gasteiger partial charge in [0.05, 0.1) is 38.6 Å². The Bertz CT molecular complexity index is 1730. The molecule has 0 aromatic rings. The van der Waals surface area contributed by atoms with E-state index in [1.165, 1.54) is 83.5 Å². The highest BCUT2D eigenvalue weighted by Crippen LogP contribution is 2.33. The maximum atomic E-state index is 13.4. The first-order valence-corrected chi connectivity index (χ1v) is 31.5. The van der Waals surface area contributed by atoms with Crippen molar-refractivity contribution >= 4 is 5.91 Å². The molecule has 19 heteroatoms. The van der Waals surface area contributed by atoms with Crippen molar-refractivity contribution in [2.24, 2.45) is 0 Å². The lowest BCUT2D eigenvalue weighted by atomic mass is 9.96. The molecular weight excluding hydrogens is 1060 g/mol. The minimum absolute atomic E-state index is 0.225. The van der Waals surface area contributed by atoms with E-state index >= 15 is 0 Å². The van der Waals surface area contributed by atoms with Crippen molar-refractivity contribution < 1.29 is 89.4 Å². The summed E-state index contributed by atoms with van der Waals surface area (Å²) in [5, 5.41) is 120. The number of allylic oxidation sites excluding steroid dienone is 9. The highest BCUT2D eigenvalue weighted by molar-refractivity contribution is 5.76. The van der Waals surface area contributed by atoms with Crippen LogP contribution in [0.5, 0.6) is 0 Å². The number of nitrogens with one attached hydrogen (secondary N) is 1. The minimum Gasteiger partial charge on any atom is -0.394 e. The van der Waals surface area contributed by atoms with Crippen LogP contribution in [0, 0.1) is 0 Å². The van der Waals surface area contributed by atoms with Gasteiger partial charge in [-0.05, 0) is 57.8 Å². The molecule has 0 radical (unpaired) electrons. The fourth-order valence-corrected chi connectivity index (χ4v) is 10.4. The topological polar surface area (TPSA) is 307 Å². The summed E-state index contributed by atoms with van der Waals surface area (Å²) in [5.41, 5.74) is 0. The molecule has 0 spiro atoms. The summed E-state index contributed by atoms with van der Waals surface area (Å²) in [5.74, 6) is -0.291. The lowest BCUT2D eigenvalue weighted by Gasteiger charge is -2.48. The SMILES string of the molecule is CC/C=C\C/C=C\C/C=C\C/C=C\CCCCCCCCC(=O)NC(COC1OC(CO)C(OC2OC(CO)C(OC3OC(CO)C(O)C(O)C3O)C(O)C2O)C(O)C1O)C(O)/C=C/CCCCCCCCCCCCCCCCCC. The molecule has 19 nitrogen and oxygen atoms in total. The molecule has 17 unspecified atom stereocenters. The zero-order valence-corrected chi connectivity index (χ0v) is 49.7. The Labute approximate surface area is 490 Å². The van der Waals surface area contributed by atoms with E-state index in [-0.39, 0.29) is 18.9 Å². The Morgan fingerprint density at radius 2 is 0.841 bits per heavy atom. The van der Waals surface area contributed by atoms with E-state index in [2.05, 4.69) is 67.8 Å². The second kappa shape index (κ2) is 45.8. The second-order valence-electron chi connectivity index (χ2n) is 22.5. The number of aliphatic hydroxyl groups is 11. The van der Waals surface area contributed by atoms with Crippen LogP contribution in [0.25, 0.3) is 0 Å². The molecule has 0 bridgehead atoms.